The van der Waals surface area contributed by atoms with Crippen LogP contribution in [-0.4, -0.2) is 39.9 Å². The van der Waals surface area contributed by atoms with Crippen LogP contribution in [0.25, 0.3) is 11.0 Å². The Morgan fingerprint density at radius 2 is 2.03 bits per heavy atom. The summed E-state index contributed by atoms with van der Waals surface area (Å²) in [7, 11) is 0. The van der Waals surface area contributed by atoms with Gasteiger partial charge in [-0.3, -0.25) is 4.79 Å². The Kier molecular flexibility index (Phi) is 6.23. The van der Waals surface area contributed by atoms with Crippen LogP contribution >= 0.6 is 0 Å². The summed E-state index contributed by atoms with van der Waals surface area (Å²) in [5.41, 5.74) is 5.61. The van der Waals surface area contributed by atoms with E-state index in [0.29, 0.717) is 5.56 Å². The molecule has 1 fully saturated rings. The molecule has 4 rings (SSSR count). The minimum Gasteiger partial charge on any atom is -0.381 e. The van der Waals surface area contributed by atoms with E-state index in [1.165, 1.54) is 5.56 Å². The average Bonchev–Trinajstić information content (AvgIpc) is 3.20. The summed E-state index contributed by atoms with van der Waals surface area (Å²) >= 11 is 0. The maximum atomic E-state index is 13.4. The van der Waals surface area contributed by atoms with Gasteiger partial charge in [0.05, 0.1) is 28.9 Å². The Bertz CT molecular complexity index is 1090. The van der Waals surface area contributed by atoms with Gasteiger partial charge in [0, 0.05) is 32.0 Å². The number of carbonyl (C=O) groups excluding carboxylic acids is 1. The molecule has 1 atom stereocenters. The van der Waals surface area contributed by atoms with Crippen LogP contribution in [0, 0.1) is 13.8 Å². The van der Waals surface area contributed by atoms with Gasteiger partial charge in [-0.1, -0.05) is 23.8 Å². The summed E-state index contributed by atoms with van der Waals surface area (Å²) < 4.78 is 7.35. The molecule has 0 spiro atoms. The molecule has 1 aliphatic heterocycles. The number of aryl methyl sites for hydroxylation is 3. The van der Waals surface area contributed by atoms with Crippen LogP contribution in [0.15, 0.2) is 30.6 Å². The molecular formula is C24H31N5O2. The van der Waals surface area contributed by atoms with Crippen molar-refractivity contribution in [2.24, 2.45) is 0 Å². The first kappa shape index (κ1) is 21.3. The fraction of sp³-hybridized carbons (Fsp3) is 0.458. The zero-order valence-corrected chi connectivity index (χ0v) is 18.7. The van der Waals surface area contributed by atoms with E-state index >= 15 is 0 Å². The van der Waals surface area contributed by atoms with E-state index in [1.54, 1.807) is 12.4 Å². The number of pyridine rings is 1. The molecule has 2 N–H and O–H groups in total. The van der Waals surface area contributed by atoms with E-state index in [2.05, 4.69) is 52.8 Å². The number of nitrogens with zero attached hydrogens (tertiary/aromatic N) is 3. The zero-order chi connectivity index (χ0) is 22.0. The summed E-state index contributed by atoms with van der Waals surface area (Å²) in [5, 5.41) is 12.1. The number of hydrogen-bond donors (Lipinski definition) is 2. The van der Waals surface area contributed by atoms with Gasteiger partial charge in [-0.05, 0) is 51.7 Å². The minimum atomic E-state index is -0.137. The highest BCUT2D eigenvalue weighted by Gasteiger charge is 2.23. The molecule has 1 aromatic carbocycles. The molecule has 0 radical (unpaired) electrons. The molecule has 0 unspecified atom stereocenters. The van der Waals surface area contributed by atoms with Crippen LogP contribution in [0.3, 0.4) is 0 Å². The molecular weight excluding hydrogens is 390 g/mol. The van der Waals surface area contributed by atoms with Gasteiger partial charge in [-0.15, -0.1) is 0 Å². The number of benzene rings is 1. The van der Waals surface area contributed by atoms with E-state index in [-0.39, 0.29) is 18.0 Å². The maximum absolute atomic E-state index is 13.4. The summed E-state index contributed by atoms with van der Waals surface area (Å²) in [4.78, 5) is 17.9. The van der Waals surface area contributed by atoms with Crippen molar-refractivity contribution in [3.8, 4) is 0 Å². The predicted octanol–water partition coefficient (Wildman–Crippen LogP) is 4.15. The molecule has 7 heteroatoms. The Morgan fingerprint density at radius 3 is 2.77 bits per heavy atom. The monoisotopic (exact) mass is 421 g/mol. The first-order valence-corrected chi connectivity index (χ1v) is 11.0. The number of hydrogen-bond acceptors (Lipinski definition) is 5. The molecule has 2 aromatic heterocycles. The second kappa shape index (κ2) is 9.06. The first-order valence-electron chi connectivity index (χ1n) is 11.0. The number of nitrogens with one attached hydrogen (secondary N) is 2. The number of ether oxygens (including phenoxy) is 1. The van der Waals surface area contributed by atoms with E-state index in [9.17, 15) is 4.79 Å². The Morgan fingerprint density at radius 1 is 1.26 bits per heavy atom. The molecule has 0 aliphatic carbocycles. The molecule has 1 saturated heterocycles. The fourth-order valence-electron chi connectivity index (χ4n) is 4.21. The van der Waals surface area contributed by atoms with Crippen molar-refractivity contribution in [1.29, 1.82) is 0 Å². The van der Waals surface area contributed by atoms with Crippen molar-refractivity contribution in [3.63, 3.8) is 0 Å². The number of amides is 1. The molecule has 1 amide bonds. The molecule has 7 nitrogen and oxygen atoms in total. The number of aromatic nitrogens is 3. The van der Waals surface area contributed by atoms with Crippen LogP contribution in [0.4, 0.5) is 5.69 Å². The highest BCUT2D eigenvalue weighted by atomic mass is 16.5. The van der Waals surface area contributed by atoms with Crippen LogP contribution in [0.2, 0.25) is 0 Å². The minimum absolute atomic E-state index is 0.114. The molecule has 3 aromatic rings. The van der Waals surface area contributed by atoms with Gasteiger partial charge in [0.1, 0.15) is 0 Å². The van der Waals surface area contributed by atoms with Gasteiger partial charge in [-0.2, -0.15) is 5.10 Å². The summed E-state index contributed by atoms with van der Waals surface area (Å²) in [5.74, 6) is -0.137. The molecule has 0 saturated carbocycles. The Labute approximate surface area is 183 Å². The van der Waals surface area contributed by atoms with Crippen molar-refractivity contribution in [2.45, 2.75) is 59.2 Å². The Balaban J connectivity index is 1.67. The van der Waals surface area contributed by atoms with Crippen molar-refractivity contribution in [2.75, 3.05) is 18.5 Å². The average molecular weight is 422 g/mol. The number of anilines is 1. The fourth-order valence-corrected chi connectivity index (χ4v) is 4.21. The lowest BCUT2D eigenvalue weighted by atomic mass is 9.99. The van der Waals surface area contributed by atoms with E-state index in [4.69, 9.17) is 4.74 Å². The van der Waals surface area contributed by atoms with E-state index in [0.717, 1.165) is 60.4 Å². The molecule has 31 heavy (non-hydrogen) atoms. The Hall–Kier alpha value is -2.93. The normalized spacial score (nSPS) is 15.7. The largest absolute Gasteiger partial charge is 0.381 e. The van der Waals surface area contributed by atoms with Gasteiger partial charge in [0.15, 0.2) is 5.65 Å². The quantitative estimate of drug-likeness (QED) is 0.625. The van der Waals surface area contributed by atoms with Gasteiger partial charge < -0.3 is 15.4 Å². The maximum Gasteiger partial charge on any atom is 0.255 e. The molecule has 0 bridgehead atoms. The lowest BCUT2D eigenvalue weighted by Gasteiger charge is -2.26. The predicted molar refractivity (Wildman–Crippen MR) is 122 cm³/mol. The van der Waals surface area contributed by atoms with Crippen LogP contribution in [0.5, 0.6) is 0 Å². The first-order chi connectivity index (χ1) is 15.0. The number of rotatable bonds is 6. The summed E-state index contributed by atoms with van der Waals surface area (Å²) in [6.45, 7) is 10.4. The second-order valence-corrected chi connectivity index (χ2v) is 8.33. The zero-order valence-electron chi connectivity index (χ0n) is 18.7. The van der Waals surface area contributed by atoms with Crippen molar-refractivity contribution in [3.05, 3.63) is 52.8 Å². The van der Waals surface area contributed by atoms with Crippen LogP contribution < -0.4 is 10.6 Å². The van der Waals surface area contributed by atoms with E-state index in [1.807, 2.05) is 18.5 Å². The van der Waals surface area contributed by atoms with Crippen LogP contribution in [0.1, 0.15) is 59.8 Å². The van der Waals surface area contributed by atoms with Gasteiger partial charge in [-0.25, -0.2) is 9.67 Å². The number of carbonyl (C=O) groups is 1. The third kappa shape index (κ3) is 4.42. The smallest absolute Gasteiger partial charge is 0.255 e. The lowest BCUT2D eigenvalue weighted by molar-refractivity contribution is 0.0903. The van der Waals surface area contributed by atoms with Crippen molar-refractivity contribution < 1.29 is 9.53 Å². The van der Waals surface area contributed by atoms with Crippen molar-refractivity contribution >= 4 is 22.6 Å². The van der Waals surface area contributed by atoms with Gasteiger partial charge in [0.2, 0.25) is 0 Å². The lowest BCUT2D eigenvalue weighted by Crippen LogP contribution is -2.31. The topological polar surface area (TPSA) is 81.1 Å². The number of fused-ring (bicyclic) bond motifs is 1. The SMILES string of the molecule is CCn1ncc2c(NC3CCOCC3)c(C(=O)N[C@H](C)c3cc(C)ccc3C)cnc21. The highest BCUT2D eigenvalue weighted by molar-refractivity contribution is 6.06. The molecule has 164 valence electrons. The van der Waals surface area contributed by atoms with Crippen molar-refractivity contribution in [1.82, 2.24) is 20.1 Å². The van der Waals surface area contributed by atoms with Gasteiger partial charge in [0.25, 0.3) is 5.91 Å². The third-order valence-electron chi connectivity index (χ3n) is 6.03. The molecule has 1 aliphatic rings. The van der Waals surface area contributed by atoms with Crippen LogP contribution in [-0.2, 0) is 11.3 Å². The third-order valence-corrected chi connectivity index (χ3v) is 6.03. The summed E-state index contributed by atoms with van der Waals surface area (Å²) in [6, 6.07) is 6.46. The second-order valence-electron chi connectivity index (χ2n) is 8.33. The standard InChI is InChI=1S/C24H31N5O2/c1-5-29-23-20(14-26-29)22(28-18-8-10-31-11-9-18)21(13-25-23)24(30)27-17(4)19-12-15(2)6-7-16(19)3/h6-7,12-14,17-18H,5,8-11H2,1-4H3,(H,25,28)(H,27,30)/t17-/m1/s1. The molecule has 3 heterocycles. The summed E-state index contributed by atoms with van der Waals surface area (Å²) in [6.07, 6.45) is 5.29. The highest BCUT2D eigenvalue weighted by Crippen LogP contribution is 2.29. The van der Waals surface area contributed by atoms with E-state index < -0.39 is 0 Å². The van der Waals surface area contributed by atoms with Gasteiger partial charge >= 0.3 is 0 Å².